The largest absolute Gasteiger partial charge is 0.493 e. The number of hydrogen-bond donors (Lipinski definition) is 1. The van der Waals surface area contributed by atoms with E-state index in [2.05, 4.69) is 15.4 Å². The van der Waals surface area contributed by atoms with Crippen molar-refractivity contribution in [3.05, 3.63) is 47.9 Å². The molecule has 0 bridgehead atoms. The summed E-state index contributed by atoms with van der Waals surface area (Å²) in [7, 11) is 5.53. The number of aryl methyl sites for hydroxylation is 1. The predicted octanol–water partition coefficient (Wildman–Crippen LogP) is 2.24. The van der Waals surface area contributed by atoms with Gasteiger partial charge in [-0.3, -0.25) is 4.79 Å². The molecule has 0 spiro atoms. The number of nitrogens with zero attached hydrogens (tertiary/aromatic N) is 4. The fourth-order valence-corrected chi connectivity index (χ4v) is 2.51. The van der Waals surface area contributed by atoms with E-state index in [-0.39, 0.29) is 5.91 Å². The fraction of sp³-hybridized carbons (Fsp3) is 0.316. The van der Waals surface area contributed by atoms with Crippen LogP contribution in [0.4, 0.5) is 5.69 Å². The SMILES string of the molecule is COc1ccc(NC(=O)c2ccn3ncc(C)c3n2)cc1OCCN(C)C. The first-order valence-corrected chi connectivity index (χ1v) is 8.56. The summed E-state index contributed by atoms with van der Waals surface area (Å²) in [4.78, 5) is 19.0. The maximum atomic E-state index is 12.6. The standard InChI is InChI=1S/C19H23N5O3/c1-13-12-20-24-8-7-15(22-18(13)24)19(25)21-14-5-6-16(26-4)17(11-14)27-10-9-23(2)3/h5-8,11-12H,9-10H2,1-4H3,(H,21,25). The highest BCUT2D eigenvalue weighted by Gasteiger charge is 2.13. The molecule has 1 amide bonds. The number of ether oxygens (including phenoxy) is 2. The summed E-state index contributed by atoms with van der Waals surface area (Å²) in [6, 6.07) is 6.90. The molecule has 0 fully saturated rings. The zero-order chi connectivity index (χ0) is 19.4. The first-order chi connectivity index (χ1) is 13.0. The Morgan fingerprint density at radius 1 is 1.26 bits per heavy atom. The van der Waals surface area contributed by atoms with Gasteiger partial charge in [0.15, 0.2) is 17.1 Å². The number of hydrogen-bond acceptors (Lipinski definition) is 6. The second-order valence-electron chi connectivity index (χ2n) is 6.38. The van der Waals surface area contributed by atoms with Gasteiger partial charge >= 0.3 is 0 Å². The average molecular weight is 369 g/mol. The van der Waals surface area contributed by atoms with E-state index in [0.717, 1.165) is 12.1 Å². The Hall–Kier alpha value is -3.13. The van der Waals surface area contributed by atoms with E-state index in [1.165, 1.54) is 0 Å². The minimum absolute atomic E-state index is 0.303. The molecule has 0 unspecified atom stereocenters. The normalized spacial score (nSPS) is 11.0. The van der Waals surface area contributed by atoms with Crippen LogP contribution < -0.4 is 14.8 Å². The molecule has 2 heterocycles. The Labute approximate surface area is 157 Å². The van der Waals surface area contributed by atoms with Gasteiger partial charge < -0.3 is 19.7 Å². The maximum absolute atomic E-state index is 12.6. The van der Waals surface area contributed by atoms with Gasteiger partial charge in [-0.2, -0.15) is 5.10 Å². The average Bonchev–Trinajstić information content (AvgIpc) is 3.02. The monoisotopic (exact) mass is 369 g/mol. The van der Waals surface area contributed by atoms with Crippen LogP contribution in [0.15, 0.2) is 36.7 Å². The van der Waals surface area contributed by atoms with Crippen LogP contribution in [0.2, 0.25) is 0 Å². The van der Waals surface area contributed by atoms with Crippen molar-refractivity contribution in [2.75, 3.05) is 39.7 Å². The Balaban J connectivity index is 1.76. The summed E-state index contributed by atoms with van der Waals surface area (Å²) in [6.45, 7) is 3.19. The van der Waals surface area contributed by atoms with E-state index in [4.69, 9.17) is 9.47 Å². The van der Waals surface area contributed by atoms with Crippen molar-refractivity contribution in [2.24, 2.45) is 0 Å². The third-order valence-corrected chi connectivity index (χ3v) is 4.00. The first-order valence-electron chi connectivity index (χ1n) is 8.56. The number of benzene rings is 1. The molecule has 27 heavy (non-hydrogen) atoms. The molecule has 8 heteroatoms. The number of carbonyl (C=O) groups is 1. The van der Waals surface area contributed by atoms with Crippen LogP contribution in [0, 0.1) is 6.92 Å². The van der Waals surface area contributed by atoms with E-state index in [1.54, 1.807) is 48.3 Å². The number of fused-ring (bicyclic) bond motifs is 1. The molecular formula is C19H23N5O3. The van der Waals surface area contributed by atoms with Crippen LogP contribution in [-0.2, 0) is 0 Å². The lowest BCUT2D eigenvalue weighted by Gasteiger charge is -2.15. The molecule has 0 aliphatic carbocycles. The number of carbonyl (C=O) groups excluding carboxylic acids is 1. The van der Waals surface area contributed by atoms with Crippen LogP contribution in [0.5, 0.6) is 11.5 Å². The molecule has 0 saturated heterocycles. The minimum Gasteiger partial charge on any atom is -0.493 e. The quantitative estimate of drug-likeness (QED) is 0.688. The summed E-state index contributed by atoms with van der Waals surface area (Å²) in [5, 5.41) is 7.01. The molecule has 0 aliphatic rings. The summed E-state index contributed by atoms with van der Waals surface area (Å²) >= 11 is 0. The van der Waals surface area contributed by atoms with Crippen LogP contribution in [0.1, 0.15) is 16.1 Å². The number of anilines is 1. The van der Waals surface area contributed by atoms with E-state index in [1.807, 2.05) is 25.9 Å². The molecule has 1 N–H and O–H groups in total. The molecule has 2 aromatic heterocycles. The second kappa shape index (κ2) is 8.05. The number of amides is 1. The van der Waals surface area contributed by atoms with Crippen LogP contribution in [-0.4, -0.2) is 59.8 Å². The lowest BCUT2D eigenvalue weighted by molar-refractivity contribution is 0.102. The zero-order valence-electron chi connectivity index (χ0n) is 15.9. The number of methoxy groups -OCH3 is 1. The number of likely N-dealkylation sites (N-methyl/N-ethyl adjacent to an activating group) is 1. The van der Waals surface area contributed by atoms with Crippen molar-refractivity contribution < 1.29 is 14.3 Å². The minimum atomic E-state index is -0.303. The second-order valence-corrected chi connectivity index (χ2v) is 6.38. The van der Waals surface area contributed by atoms with Gasteiger partial charge in [-0.25, -0.2) is 9.50 Å². The Morgan fingerprint density at radius 2 is 2.07 bits per heavy atom. The van der Waals surface area contributed by atoms with Gasteiger partial charge in [0.1, 0.15) is 12.3 Å². The topological polar surface area (TPSA) is 81.0 Å². The van der Waals surface area contributed by atoms with Crippen molar-refractivity contribution in [1.82, 2.24) is 19.5 Å². The summed E-state index contributed by atoms with van der Waals surface area (Å²) in [5.74, 6) is 0.885. The third kappa shape index (κ3) is 4.35. The van der Waals surface area contributed by atoms with Gasteiger partial charge in [0.25, 0.3) is 5.91 Å². The van der Waals surface area contributed by atoms with Crippen LogP contribution >= 0.6 is 0 Å². The highest BCUT2D eigenvalue weighted by Crippen LogP contribution is 2.30. The summed E-state index contributed by atoms with van der Waals surface area (Å²) < 4.78 is 12.7. The highest BCUT2D eigenvalue weighted by atomic mass is 16.5. The molecule has 0 radical (unpaired) electrons. The number of aromatic nitrogens is 3. The smallest absolute Gasteiger partial charge is 0.274 e. The molecular weight excluding hydrogens is 346 g/mol. The van der Waals surface area contributed by atoms with Crippen molar-refractivity contribution in [3.63, 3.8) is 0 Å². The molecule has 3 rings (SSSR count). The van der Waals surface area contributed by atoms with Crippen molar-refractivity contribution in [3.8, 4) is 11.5 Å². The Kier molecular flexibility index (Phi) is 5.56. The van der Waals surface area contributed by atoms with Gasteiger partial charge in [0, 0.05) is 30.1 Å². The Bertz CT molecular complexity index is 952. The molecule has 8 nitrogen and oxygen atoms in total. The van der Waals surface area contributed by atoms with E-state index in [9.17, 15) is 4.79 Å². The van der Waals surface area contributed by atoms with E-state index < -0.39 is 0 Å². The summed E-state index contributed by atoms with van der Waals surface area (Å²) in [6.07, 6.45) is 3.43. The number of nitrogens with one attached hydrogen (secondary N) is 1. The number of rotatable bonds is 7. The molecule has 0 saturated carbocycles. The Morgan fingerprint density at radius 3 is 2.81 bits per heavy atom. The van der Waals surface area contributed by atoms with Gasteiger partial charge in [0.05, 0.1) is 13.3 Å². The molecule has 0 atom stereocenters. The highest BCUT2D eigenvalue weighted by molar-refractivity contribution is 6.03. The van der Waals surface area contributed by atoms with E-state index >= 15 is 0 Å². The van der Waals surface area contributed by atoms with Gasteiger partial charge in [-0.05, 0) is 39.2 Å². The predicted molar refractivity (Wildman–Crippen MR) is 103 cm³/mol. The summed E-state index contributed by atoms with van der Waals surface area (Å²) in [5.41, 5.74) is 2.49. The van der Waals surface area contributed by atoms with Crippen LogP contribution in [0.3, 0.4) is 0 Å². The van der Waals surface area contributed by atoms with Crippen LogP contribution in [0.25, 0.3) is 5.65 Å². The molecule has 3 aromatic rings. The molecule has 1 aromatic carbocycles. The lowest BCUT2D eigenvalue weighted by atomic mass is 10.2. The maximum Gasteiger partial charge on any atom is 0.274 e. The third-order valence-electron chi connectivity index (χ3n) is 4.00. The fourth-order valence-electron chi connectivity index (χ4n) is 2.51. The van der Waals surface area contributed by atoms with Gasteiger partial charge in [-0.1, -0.05) is 0 Å². The first kappa shape index (κ1) is 18.7. The molecule has 142 valence electrons. The lowest BCUT2D eigenvalue weighted by Crippen LogP contribution is -2.19. The van der Waals surface area contributed by atoms with E-state index in [0.29, 0.717) is 35.1 Å². The van der Waals surface area contributed by atoms with Crippen molar-refractivity contribution >= 4 is 17.2 Å². The molecule has 0 aliphatic heterocycles. The van der Waals surface area contributed by atoms with Gasteiger partial charge in [-0.15, -0.1) is 0 Å². The van der Waals surface area contributed by atoms with Gasteiger partial charge in [0.2, 0.25) is 0 Å². The van der Waals surface area contributed by atoms with Crippen molar-refractivity contribution in [2.45, 2.75) is 6.92 Å². The zero-order valence-corrected chi connectivity index (χ0v) is 15.9. The van der Waals surface area contributed by atoms with Crippen molar-refractivity contribution in [1.29, 1.82) is 0 Å².